The van der Waals surface area contributed by atoms with Crippen molar-refractivity contribution in [2.45, 2.75) is 58.5 Å². The van der Waals surface area contributed by atoms with Crippen LogP contribution in [0.5, 0.6) is 0 Å². The van der Waals surface area contributed by atoms with E-state index in [2.05, 4.69) is 26.3 Å². The molecule has 1 aliphatic rings. The largest absolute Gasteiger partial charge is 0.442 e. The summed E-state index contributed by atoms with van der Waals surface area (Å²) in [7, 11) is 0. The van der Waals surface area contributed by atoms with Crippen LogP contribution in [0.1, 0.15) is 52.9 Å². The number of hydrogen-bond acceptors (Lipinski definition) is 4. The van der Waals surface area contributed by atoms with Gasteiger partial charge in [-0.1, -0.05) is 35.2 Å². The molecule has 0 saturated heterocycles. The number of halogens is 1. The highest BCUT2D eigenvalue weighted by Gasteiger charge is 2.25. The molecule has 1 N–H and O–H groups in total. The second kappa shape index (κ2) is 7.39. The van der Waals surface area contributed by atoms with Crippen LogP contribution in [-0.2, 0) is 9.53 Å². The van der Waals surface area contributed by atoms with E-state index in [1.54, 1.807) is 26.8 Å². The van der Waals surface area contributed by atoms with Gasteiger partial charge in [-0.25, -0.2) is 4.79 Å². The topological polar surface area (TPSA) is 73.2 Å². The number of rotatable bonds is 2. The van der Waals surface area contributed by atoms with Gasteiger partial charge in [0.25, 0.3) is 0 Å². The number of amides is 1. The van der Waals surface area contributed by atoms with E-state index in [4.69, 9.17) is 4.74 Å². The molecule has 1 saturated carbocycles. The number of anilines is 1. The van der Waals surface area contributed by atoms with Gasteiger partial charge in [-0.2, -0.15) is 4.68 Å². The van der Waals surface area contributed by atoms with Crippen LogP contribution in [0.4, 0.5) is 10.6 Å². The molecule has 2 aromatic rings. The van der Waals surface area contributed by atoms with E-state index in [9.17, 15) is 9.59 Å². The Morgan fingerprint density at radius 1 is 1.23 bits per heavy atom. The van der Waals surface area contributed by atoms with E-state index >= 15 is 0 Å². The predicted octanol–water partition coefficient (Wildman–Crippen LogP) is 5.10. The molecule has 0 bridgehead atoms. The smallest absolute Gasteiger partial charge is 0.435 e. The molecule has 1 aromatic heterocycles. The molecule has 6 nitrogen and oxygen atoms in total. The first kappa shape index (κ1) is 18.9. The van der Waals surface area contributed by atoms with E-state index in [-0.39, 0.29) is 11.8 Å². The van der Waals surface area contributed by atoms with Crippen LogP contribution in [0.2, 0.25) is 0 Å². The van der Waals surface area contributed by atoms with Crippen LogP contribution >= 0.6 is 15.9 Å². The van der Waals surface area contributed by atoms with Crippen LogP contribution < -0.4 is 5.32 Å². The first-order valence-electron chi connectivity index (χ1n) is 8.97. The molecule has 3 rings (SSSR count). The van der Waals surface area contributed by atoms with Crippen LogP contribution in [0, 0.1) is 5.92 Å². The minimum Gasteiger partial charge on any atom is -0.442 e. The third kappa shape index (κ3) is 4.26. The Balaban J connectivity index is 1.93. The minimum absolute atomic E-state index is 0.0117. The van der Waals surface area contributed by atoms with Gasteiger partial charge in [-0.05, 0) is 51.8 Å². The number of hydrogen-bond donors (Lipinski definition) is 1. The Morgan fingerprint density at radius 3 is 2.58 bits per heavy atom. The summed E-state index contributed by atoms with van der Waals surface area (Å²) in [5.74, 6) is 0.376. The third-order valence-electron chi connectivity index (χ3n) is 4.43. The molecule has 0 unspecified atom stereocenters. The number of nitrogens with zero attached hydrogens (tertiary/aromatic N) is 2. The van der Waals surface area contributed by atoms with Gasteiger partial charge in [-0.3, -0.25) is 4.79 Å². The van der Waals surface area contributed by atoms with Gasteiger partial charge in [-0.15, -0.1) is 5.10 Å². The van der Waals surface area contributed by atoms with Crippen molar-refractivity contribution in [3.05, 3.63) is 22.7 Å². The Labute approximate surface area is 161 Å². The Morgan fingerprint density at radius 2 is 1.92 bits per heavy atom. The molecular formula is C19H24BrN3O3. The molecule has 1 heterocycles. The van der Waals surface area contributed by atoms with Gasteiger partial charge < -0.3 is 10.1 Å². The lowest BCUT2D eigenvalue weighted by atomic mass is 9.89. The van der Waals surface area contributed by atoms with Crippen LogP contribution in [0.15, 0.2) is 22.7 Å². The maximum Gasteiger partial charge on any atom is 0.435 e. The highest BCUT2D eigenvalue weighted by atomic mass is 79.9. The van der Waals surface area contributed by atoms with Crippen molar-refractivity contribution in [1.82, 2.24) is 9.78 Å². The van der Waals surface area contributed by atoms with Crippen LogP contribution in [0.25, 0.3) is 10.9 Å². The van der Waals surface area contributed by atoms with Gasteiger partial charge in [0.1, 0.15) is 5.60 Å². The SMILES string of the molecule is CC(C)(C)OC(=O)n1nc(NC(=O)C2CCCCC2)c2cc(Br)ccc21. The fourth-order valence-electron chi connectivity index (χ4n) is 3.21. The quantitative estimate of drug-likeness (QED) is 0.731. The standard InChI is InChI=1S/C19H24BrN3O3/c1-19(2,3)26-18(25)23-15-10-9-13(20)11-14(15)16(22-23)21-17(24)12-7-5-4-6-8-12/h9-12H,4-8H2,1-3H3,(H,21,22,24). The lowest BCUT2D eigenvalue weighted by Crippen LogP contribution is -2.28. The number of fused-ring (bicyclic) bond motifs is 1. The summed E-state index contributed by atoms with van der Waals surface area (Å²) in [5, 5.41) is 7.96. The molecule has 1 aliphatic carbocycles. The molecule has 0 radical (unpaired) electrons. The molecule has 26 heavy (non-hydrogen) atoms. The van der Waals surface area contributed by atoms with E-state index < -0.39 is 11.7 Å². The van der Waals surface area contributed by atoms with Crippen molar-refractivity contribution in [3.8, 4) is 0 Å². The van der Waals surface area contributed by atoms with Gasteiger partial charge in [0, 0.05) is 15.8 Å². The molecule has 0 atom stereocenters. The lowest BCUT2D eigenvalue weighted by molar-refractivity contribution is -0.120. The lowest BCUT2D eigenvalue weighted by Gasteiger charge is -2.20. The summed E-state index contributed by atoms with van der Waals surface area (Å²) < 4.78 is 7.49. The monoisotopic (exact) mass is 421 g/mol. The summed E-state index contributed by atoms with van der Waals surface area (Å²) in [4.78, 5) is 25.1. The summed E-state index contributed by atoms with van der Waals surface area (Å²) in [6, 6.07) is 5.46. The molecule has 1 fully saturated rings. The highest BCUT2D eigenvalue weighted by molar-refractivity contribution is 9.10. The van der Waals surface area contributed by atoms with Gasteiger partial charge in [0.05, 0.1) is 5.52 Å². The van der Waals surface area contributed by atoms with Crippen molar-refractivity contribution in [1.29, 1.82) is 0 Å². The fourth-order valence-corrected chi connectivity index (χ4v) is 3.57. The summed E-state index contributed by atoms with van der Waals surface area (Å²) in [6.45, 7) is 5.41. The normalized spacial score (nSPS) is 15.8. The predicted molar refractivity (Wildman–Crippen MR) is 104 cm³/mol. The molecule has 1 amide bonds. The molecule has 7 heteroatoms. The van der Waals surface area contributed by atoms with E-state index in [0.29, 0.717) is 16.7 Å². The molecule has 0 spiro atoms. The number of carbonyl (C=O) groups is 2. The average Bonchev–Trinajstić information content (AvgIpc) is 2.92. The second-order valence-electron chi connectivity index (χ2n) is 7.73. The van der Waals surface area contributed by atoms with Crippen molar-refractivity contribution >= 4 is 44.7 Å². The van der Waals surface area contributed by atoms with Crippen molar-refractivity contribution < 1.29 is 14.3 Å². The van der Waals surface area contributed by atoms with Gasteiger partial charge >= 0.3 is 6.09 Å². The minimum atomic E-state index is -0.629. The Hall–Kier alpha value is -1.89. The van der Waals surface area contributed by atoms with Crippen molar-refractivity contribution in [3.63, 3.8) is 0 Å². The average molecular weight is 422 g/mol. The first-order chi connectivity index (χ1) is 12.2. The molecule has 0 aliphatic heterocycles. The zero-order valence-corrected chi connectivity index (χ0v) is 16.9. The molecule has 1 aromatic carbocycles. The summed E-state index contributed by atoms with van der Waals surface area (Å²) >= 11 is 3.44. The number of aromatic nitrogens is 2. The number of nitrogens with one attached hydrogen (secondary N) is 1. The number of benzene rings is 1. The number of ether oxygens (including phenoxy) is 1. The highest BCUT2D eigenvalue weighted by Crippen LogP contribution is 2.29. The fraction of sp³-hybridized carbons (Fsp3) is 0.526. The van der Waals surface area contributed by atoms with E-state index in [0.717, 1.165) is 30.2 Å². The van der Waals surface area contributed by atoms with Crippen molar-refractivity contribution in [2.24, 2.45) is 5.92 Å². The molecule has 140 valence electrons. The maximum atomic E-state index is 12.6. The van der Waals surface area contributed by atoms with Crippen LogP contribution in [-0.4, -0.2) is 27.4 Å². The zero-order chi connectivity index (χ0) is 18.9. The third-order valence-corrected chi connectivity index (χ3v) is 4.92. The molecular weight excluding hydrogens is 398 g/mol. The van der Waals surface area contributed by atoms with E-state index in [1.807, 2.05) is 12.1 Å². The van der Waals surface area contributed by atoms with Crippen molar-refractivity contribution in [2.75, 3.05) is 5.32 Å². The summed E-state index contributed by atoms with van der Waals surface area (Å²) in [6.07, 6.45) is 4.59. The van der Waals surface area contributed by atoms with E-state index in [1.165, 1.54) is 11.1 Å². The zero-order valence-electron chi connectivity index (χ0n) is 15.3. The van der Waals surface area contributed by atoms with Crippen LogP contribution in [0.3, 0.4) is 0 Å². The summed E-state index contributed by atoms with van der Waals surface area (Å²) in [5.41, 5.74) is -0.0302. The second-order valence-corrected chi connectivity index (χ2v) is 8.64. The Bertz CT molecular complexity index is 832. The maximum absolute atomic E-state index is 12.6. The first-order valence-corrected chi connectivity index (χ1v) is 9.76. The number of carbonyl (C=O) groups excluding carboxylic acids is 2. The van der Waals surface area contributed by atoms with Gasteiger partial charge in [0.15, 0.2) is 5.82 Å². The Kier molecular flexibility index (Phi) is 5.37. The van der Waals surface area contributed by atoms with Gasteiger partial charge in [0.2, 0.25) is 5.91 Å².